The van der Waals surface area contributed by atoms with E-state index in [-0.39, 0.29) is 10.8 Å². The molecule has 0 amide bonds. The van der Waals surface area contributed by atoms with Crippen molar-refractivity contribution in [3.63, 3.8) is 0 Å². The second-order valence-corrected chi connectivity index (χ2v) is 5.87. The summed E-state index contributed by atoms with van der Waals surface area (Å²) in [5, 5.41) is 0. The monoisotopic (exact) mass is 186 g/mol. The molecule has 0 aliphatic rings. The molecule has 1 heteroatoms. The van der Waals surface area contributed by atoms with Crippen LogP contribution in [-0.4, -0.2) is 4.87 Å². The molecule has 0 aliphatic carbocycles. The number of terminal acetylenes is 1. The van der Waals surface area contributed by atoms with Gasteiger partial charge >= 0.3 is 0 Å². The lowest BCUT2D eigenvalue weighted by Gasteiger charge is -2.45. The van der Waals surface area contributed by atoms with Gasteiger partial charge in [-0.3, -0.25) is 0 Å². The molecule has 12 heavy (non-hydrogen) atoms. The first-order chi connectivity index (χ1) is 5.06. The Labute approximate surface area is 81.7 Å². The van der Waals surface area contributed by atoms with E-state index in [9.17, 15) is 0 Å². The number of halogens is 1. The molecule has 0 nitrogen and oxygen atoms in total. The Morgan fingerprint density at radius 2 is 1.17 bits per heavy atom. The van der Waals surface area contributed by atoms with Crippen LogP contribution in [0.3, 0.4) is 0 Å². The molecule has 0 bridgehead atoms. The van der Waals surface area contributed by atoms with Crippen molar-refractivity contribution < 1.29 is 0 Å². The average Bonchev–Trinajstić information content (AvgIpc) is 1.81. The molecule has 0 unspecified atom stereocenters. The van der Waals surface area contributed by atoms with Gasteiger partial charge in [-0.15, -0.1) is 18.0 Å². The van der Waals surface area contributed by atoms with E-state index in [2.05, 4.69) is 47.5 Å². The summed E-state index contributed by atoms with van der Waals surface area (Å²) in [6.45, 7) is 12.4. The van der Waals surface area contributed by atoms with Gasteiger partial charge in [0.25, 0.3) is 0 Å². The summed E-state index contributed by atoms with van der Waals surface area (Å²) >= 11 is 6.44. The normalized spacial score (nSPS) is 14.2. The molecule has 0 spiro atoms. The van der Waals surface area contributed by atoms with Crippen LogP contribution in [0.1, 0.15) is 41.5 Å². The van der Waals surface area contributed by atoms with Gasteiger partial charge in [0.2, 0.25) is 0 Å². The molecule has 0 saturated heterocycles. The summed E-state index contributed by atoms with van der Waals surface area (Å²) in [5.74, 6) is 2.72. The van der Waals surface area contributed by atoms with Gasteiger partial charge < -0.3 is 0 Å². The van der Waals surface area contributed by atoms with Crippen molar-refractivity contribution in [3.05, 3.63) is 0 Å². The first-order valence-electron chi connectivity index (χ1n) is 4.23. The van der Waals surface area contributed by atoms with Crippen LogP contribution in [0.15, 0.2) is 0 Å². The van der Waals surface area contributed by atoms with Gasteiger partial charge in [0, 0.05) is 0 Å². The van der Waals surface area contributed by atoms with Gasteiger partial charge in [-0.05, 0) is 10.8 Å². The van der Waals surface area contributed by atoms with E-state index in [1.807, 2.05) is 0 Å². The highest BCUT2D eigenvalue weighted by Gasteiger charge is 2.47. The third kappa shape index (κ3) is 1.77. The molecule has 0 N–H and O–H groups in total. The van der Waals surface area contributed by atoms with E-state index in [4.69, 9.17) is 18.0 Å². The number of hydrogen-bond donors (Lipinski definition) is 0. The molecule has 0 aromatic heterocycles. The zero-order chi connectivity index (χ0) is 10.2. The zero-order valence-electron chi connectivity index (χ0n) is 8.96. The number of rotatable bonds is 0. The van der Waals surface area contributed by atoms with Crippen molar-refractivity contribution in [2.24, 2.45) is 10.8 Å². The predicted octanol–water partition coefficient (Wildman–Crippen LogP) is 3.69. The Bertz CT molecular complexity index is 181. The first-order valence-corrected chi connectivity index (χ1v) is 4.61. The topological polar surface area (TPSA) is 0 Å². The van der Waals surface area contributed by atoms with Gasteiger partial charge in [-0.25, -0.2) is 0 Å². The molecule has 0 aliphatic heterocycles. The Hall–Kier alpha value is -0.150. The summed E-state index contributed by atoms with van der Waals surface area (Å²) in [4.78, 5) is -0.583. The highest BCUT2D eigenvalue weighted by atomic mass is 35.5. The minimum Gasteiger partial charge on any atom is -0.118 e. The van der Waals surface area contributed by atoms with E-state index in [0.29, 0.717) is 0 Å². The molecule has 0 radical (unpaired) electrons. The lowest BCUT2D eigenvalue weighted by Crippen LogP contribution is -2.47. The van der Waals surface area contributed by atoms with Crippen LogP contribution in [0, 0.1) is 23.2 Å². The minimum atomic E-state index is -0.583. The van der Waals surface area contributed by atoms with Crippen LogP contribution >= 0.6 is 11.6 Å². The average molecular weight is 187 g/mol. The number of hydrogen-bond acceptors (Lipinski definition) is 0. The van der Waals surface area contributed by atoms with Crippen molar-refractivity contribution in [1.82, 2.24) is 0 Å². The van der Waals surface area contributed by atoms with Gasteiger partial charge in [0.15, 0.2) is 0 Å². The maximum absolute atomic E-state index is 6.44. The molecule has 0 aromatic carbocycles. The largest absolute Gasteiger partial charge is 0.118 e. The fourth-order valence-corrected chi connectivity index (χ4v) is 1.56. The van der Waals surface area contributed by atoms with Crippen molar-refractivity contribution in [2.45, 2.75) is 46.4 Å². The summed E-state index contributed by atoms with van der Waals surface area (Å²) in [6.07, 6.45) is 5.50. The highest BCUT2D eigenvalue weighted by Crippen LogP contribution is 2.48. The maximum atomic E-state index is 6.44. The third-order valence-corrected chi connectivity index (χ3v) is 3.51. The summed E-state index contributed by atoms with van der Waals surface area (Å²) in [7, 11) is 0. The fraction of sp³-hybridized carbons (Fsp3) is 0.818. The molecular formula is C11H19Cl. The van der Waals surface area contributed by atoms with Gasteiger partial charge in [0.05, 0.1) is 0 Å². The van der Waals surface area contributed by atoms with Crippen LogP contribution in [0.25, 0.3) is 0 Å². The standard InChI is InChI=1S/C11H19Cl/c1-8-11(12,9(2,3)4)10(5,6)7/h1H,2-7H3. The van der Waals surface area contributed by atoms with Crippen molar-refractivity contribution in [3.8, 4) is 12.3 Å². The van der Waals surface area contributed by atoms with Gasteiger partial charge in [0.1, 0.15) is 4.87 Å². The molecule has 0 fully saturated rings. The molecule has 0 atom stereocenters. The molecule has 70 valence electrons. The van der Waals surface area contributed by atoms with E-state index in [1.54, 1.807) is 0 Å². The lowest BCUT2D eigenvalue weighted by molar-refractivity contribution is 0.186. The van der Waals surface area contributed by atoms with Crippen molar-refractivity contribution in [1.29, 1.82) is 0 Å². The summed E-state index contributed by atoms with van der Waals surface area (Å²) in [5.41, 5.74) is -0.164. The van der Waals surface area contributed by atoms with Crippen molar-refractivity contribution in [2.75, 3.05) is 0 Å². The van der Waals surface area contributed by atoms with Crippen LogP contribution in [0.2, 0.25) is 0 Å². The second-order valence-electron chi connectivity index (χ2n) is 5.30. The third-order valence-electron chi connectivity index (χ3n) is 2.27. The Kier molecular flexibility index (Phi) is 2.93. The van der Waals surface area contributed by atoms with Crippen molar-refractivity contribution >= 4 is 11.6 Å². The predicted molar refractivity (Wildman–Crippen MR) is 56.3 cm³/mol. The van der Waals surface area contributed by atoms with E-state index in [0.717, 1.165) is 0 Å². The molecule has 0 heterocycles. The SMILES string of the molecule is C#CC(Cl)(C(C)(C)C)C(C)(C)C. The van der Waals surface area contributed by atoms with Crippen LogP contribution in [0.4, 0.5) is 0 Å². The van der Waals surface area contributed by atoms with E-state index in [1.165, 1.54) is 0 Å². The zero-order valence-corrected chi connectivity index (χ0v) is 9.71. The van der Waals surface area contributed by atoms with E-state index >= 15 is 0 Å². The Morgan fingerprint density at radius 3 is 1.17 bits per heavy atom. The van der Waals surface area contributed by atoms with Gasteiger partial charge in [-0.1, -0.05) is 47.5 Å². The smallest absolute Gasteiger partial charge is 0.114 e. The van der Waals surface area contributed by atoms with Gasteiger partial charge in [-0.2, -0.15) is 0 Å². The summed E-state index contributed by atoms with van der Waals surface area (Å²) < 4.78 is 0. The summed E-state index contributed by atoms with van der Waals surface area (Å²) in [6, 6.07) is 0. The van der Waals surface area contributed by atoms with Crippen LogP contribution in [-0.2, 0) is 0 Å². The molecule has 0 aromatic rings. The molecule has 0 saturated carbocycles. The molecule has 0 rings (SSSR count). The molecular weight excluding hydrogens is 168 g/mol. The maximum Gasteiger partial charge on any atom is 0.114 e. The Morgan fingerprint density at radius 1 is 0.917 bits per heavy atom. The lowest BCUT2D eigenvalue weighted by atomic mass is 9.66. The van der Waals surface area contributed by atoms with Crippen LogP contribution < -0.4 is 0 Å². The second kappa shape index (κ2) is 2.96. The minimum absolute atomic E-state index is 0.0818. The quantitative estimate of drug-likeness (QED) is 0.400. The highest BCUT2D eigenvalue weighted by molar-refractivity contribution is 6.27. The number of alkyl halides is 1. The van der Waals surface area contributed by atoms with E-state index < -0.39 is 4.87 Å². The first kappa shape index (κ1) is 11.8. The Balaban J connectivity index is 5.14. The van der Waals surface area contributed by atoms with Crippen LogP contribution in [0.5, 0.6) is 0 Å². The fourth-order valence-electron chi connectivity index (χ4n) is 1.56.